The number of hydrogen-bond donors (Lipinski definition) is 1. The lowest BCUT2D eigenvalue weighted by molar-refractivity contribution is 0.199. The second-order valence-electron chi connectivity index (χ2n) is 4.49. The molecule has 5 heteroatoms. The molecule has 0 bridgehead atoms. The van der Waals surface area contributed by atoms with E-state index in [9.17, 15) is 4.39 Å². The molecule has 2 aromatic carbocycles. The Labute approximate surface area is 132 Å². The Bertz CT molecular complexity index is 575. The predicted octanol–water partition coefficient (Wildman–Crippen LogP) is 4.12. The molecule has 3 nitrogen and oxygen atoms in total. The van der Waals surface area contributed by atoms with Gasteiger partial charge in [-0.1, -0.05) is 12.1 Å². The Hall–Kier alpha value is -1.43. The first-order chi connectivity index (χ1) is 10.2. The molecule has 0 fully saturated rings. The van der Waals surface area contributed by atoms with Crippen LogP contribution in [0.3, 0.4) is 0 Å². The molecule has 0 aliphatic carbocycles. The number of rotatable bonds is 7. The molecule has 0 radical (unpaired) electrons. The summed E-state index contributed by atoms with van der Waals surface area (Å²) in [6, 6.07) is 12.3. The van der Waals surface area contributed by atoms with Crippen molar-refractivity contribution in [1.82, 2.24) is 5.32 Å². The van der Waals surface area contributed by atoms with Gasteiger partial charge in [0.1, 0.15) is 17.3 Å². The van der Waals surface area contributed by atoms with Gasteiger partial charge in [-0.2, -0.15) is 0 Å². The number of benzene rings is 2. The van der Waals surface area contributed by atoms with Crippen LogP contribution >= 0.6 is 15.9 Å². The van der Waals surface area contributed by atoms with Crippen molar-refractivity contribution in [3.63, 3.8) is 0 Å². The van der Waals surface area contributed by atoms with Crippen LogP contribution in [0.1, 0.15) is 5.56 Å². The van der Waals surface area contributed by atoms with Crippen LogP contribution in [-0.4, -0.2) is 20.3 Å². The summed E-state index contributed by atoms with van der Waals surface area (Å²) in [5.41, 5.74) is 1.17. The van der Waals surface area contributed by atoms with Gasteiger partial charge in [0.25, 0.3) is 0 Å². The van der Waals surface area contributed by atoms with E-state index in [1.54, 1.807) is 19.2 Å². The Morgan fingerprint density at radius 3 is 2.48 bits per heavy atom. The van der Waals surface area contributed by atoms with Gasteiger partial charge in [-0.25, -0.2) is 4.39 Å². The normalized spacial score (nSPS) is 10.6. The van der Waals surface area contributed by atoms with Crippen molar-refractivity contribution < 1.29 is 13.9 Å². The zero-order chi connectivity index (χ0) is 15.1. The minimum Gasteiger partial charge on any atom is -0.457 e. The van der Waals surface area contributed by atoms with E-state index in [0.717, 1.165) is 13.1 Å². The average Bonchev–Trinajstić information content (AvgIpc) is 2.49. The zero-order valence-corrected chi connectivity index (χ0v) is 13.3. The summed E-state index contributed by atoms with van der Waals surface area (Å²) in [5.74, 6) is 1.00. The van der Waals surface area contributed by atoms with Crippen LogP contribution in [0.2, 0.25) is 0 Å². The van der Waals surface area contributed by atoms with Gasteiger partial charge in [0, 0.05) is 20.2 Å². The average molecular weight is 354 g/mol. The van der Waals surface area contributed by atoms with Crippen molar-refractivity contribution in [3.05, 3.63) is 58.3 Å². The molecule has 0 heterocycles. The van der Waals surface area contributed by atoms with Crippen molar-refractivity contribution in [3.8, 4) is 11.5 Å². The number of ether oxygens (including phenoxy) is 2. The van der Waals surface area contributed by atoms with E-state index in [4.69, 9.17) is 9.47 Å². The number of nitrogens with one attached hydrogen (secondary N) is 1. The summed E-state index contributed by atoms with van der Waals surface area (Å²) in [7, 11) is 1.68. The van der Waals surface area contributed by atoms with Crippen molar-refractivity contribution >= 4 is 15.9 Å². The Kier molecular flexibility index (Phi) is 6.17. The highest BCUT2D eigenvalue weighted by molar-refractivity contribution is 9.10. The molecule has 112 valence electrons. The van der Waals surface area contributed by atoms with Gasteiger partial charge in [0.2, 0.25) is 0 Å². The molecule has 2 aromatic rings. The van der Waals surface area contributed by atoms with Crippen molar-refractivity contribution in [2.45, 2.75) is 6.54 Å². The monoisotopic (exact) mass is 353 g/mol. The third kappa shape index (κ3) is 5.12. The van der Waals surface area contributed by atoms with Gasteiger partial charge in [0.05, 0.1) is 11.1 Å². The Morgan fingerprint density at radius 2 is 1.81 bits per heavy atom. The van der Waals surface area contributed by atoms with Crippen molar-refractivity contribution in [2.75, 3.05) is 20.3 Å². The topological polar surface area (TPSA) is 30.5 Å². The second kappa shape index (κ2) is 8.12. The molecule has 0 amide bonds. The minimum absolute atomic E-state index is 0.306. The summed E-state index contributed by atoms with van der Waals surface area (Å²) in [6.07, 6.45) is 0. The smallest absolute Gasteiger partial charge is 0.137 e. The standard InChI is InChI=1S/C16H17BrFNO2/c1-20-9-8-19-11-12-2-4-13(5-3-12)21-14-6-7-16(18)15(17)10-14/h2-7,10,19H,8-9,11H2,1H3. The van der Waals surface area contributed by atoms with Crippen LogP contribution in [-0.2, 0) is 11.3 Å². The molecular formula is C16H17BrFNO2. The maximum atomic E-state index is 13.1. The maximum absolute atomic E-state index is 13.1. The first kappa shape index (κ1) is 15.9. The molecule has 0 spiro atoms. The molecule has 0 saturated heterocycles. The molecule has 0 atom stereocenters. The molecule has 0 aromatic heterocycles. The maximum Gasteiger partial charge on any atom is 0.137 e. The highest BCUT2D eigenvalue weighted by Gasteiger charge is 2.03. The third-order valence-electron chi connectivity index (χ3n) is 2.86. The SMILES string of the molecule is COCCNCc1ccc(Oc2ccc(F)c(Br)c2)cc1. The largest absolute Gasteiger partial charge is 0.457 e. The molecule has 0 saturated carbocycles. The number of hydrogen-bond acceptors (Lipinski definition) is 3. The molecule has 0 aliphatic rings. The van der Waals surface area contributed by atoms with Gasteiger partial charge in [0.15, 0.2) is 0 Å². The van der Waals surface area contributed by atoms with Crippen LogP contribution in [0.25, 0.3) is 0 Å². The summed E-state index contributed by atoms with van der Waals surface area (Å²) < 4.78 is 24.2. The van der Waals surface area contributed by atoms with E-state index in [1.165, 1.54) is 11.6 Å². The quantitative estimate of drug-likeness (QED) is 0.759. The Morgan fingerprint density at radius 1 is 1.10 bits per heavy atom. The van der Waals surface area contributed by atoms with Crippen LogP contribution < -0.4 is 10.1 Å². The molecule has 0 unspecified atom stereocenters. The predicted molar refractivity (Wildman–Crippen MR) is 84.2 cm³/mol. The van der Waals surface area contributed by atoms with Gasteiger partial charge in [-0.05, 0) is 51.8 Å². The summed E-state index contributed by atoms with van der Waals surface area (Å²) in [5, 5.41) is 3.27. The van der Waals surface area contributed by atoms with Crippen LogP contribution in [0.5, 0.6) is 11.5 Å². The number of halogens is 2. The molecule has 1 N–H and O–H groups in total. The van der Waals surface area contributed by atoms with E-state index >= 15 is 0 Å². The first-order valence-corrected chi connectivity index (χ1v) is 7.40. The van der Waals surface area contributed by atoms with Gasteiger partial charge < -0.3 is 14.8 Å². The highest BCUT2D eigenvalue weighted by Crippen LogP contribution is 2.26. The minimum atomic E-state index is -0.306. The van der Waals surface area contributed by atoms with Gasteiger partial charge in [-0.15, -0.1) is 0 Å². The van der Waals surface area contributed by atoms with E-state index < -0.39 is 0 Å². The van der Waals surface area contributed by atoms with Crippen molar-refractivity contribution in [2.24, 2.45) is 0 Å². The van der Waals surface area contributed by atoms with E-state index in [2.05, 4.69) is 21.2 Å². The lowest BCUT2D eigenvalue weighted by Crippen LogP contribution is -2.18. The molecule has 21 heavy (non-hydrogen) atoms. The fourth-order valence-corrected chi connectivity index (χ4v) is 2.12. The first-order valence-electron chi connectivity index (χ1n) is 6.60. The second-order valence-corrected chi connectivity index (χ2v) is 5.35. The fraction of sp³-hybridized carbons (Fsp3) is 0.250. The van der Waals surface area contributed by atoms with E-state index in [0.29, 0.717) is 22.6 Å². The summed E-state index contributed by atoms with van der Waals surface area (Å²) in [6.45, 7) is 2.30. The number of methoxy groups -OCH3 is 1. The third-order valence-corrected chi connectivity index (χ3v) is 3.47. The van der Waals surface area contributed by atoms with E-state index in [-0.39, 0.29) is 5.82 Å². The van der Waals surface area contributed by atoms with Gasteiger partial charge in [-0.3, -0.25) is 0 Å². The molecule has 0 aliphatic heterocycles. The van der Waals surface area contributed by atoms with Crippen LogP contribution in [0.4, 0.5) is 4.39 Å². The molecule has 2 rings (SSSR count). The lowest BCUT2D eigenvalue weighted by Gasteiger charge is -2.08. The summed E-state index contributed by atoms with van der Waals surface area (Å²) >= 11 is 3.14. The van der Waals surface area contributed by atoms with Gasteiger partial charge >= 0.3 is 0 Å². The molecular weight excluding hydrogens is 337 g/mol. The van der Waals surface area contributed by atoms with Crippen LogP contribution in [0, 0.1) is 5.82 Å². The fourth-order valence-electron chi connectivity index (χ4n) is 1.76. The van der Waals surface area contributed by atoms with E-state index in [1.807, 2.05) is 24.3 Å². The highest BCUT2D eigenvalue weighted by atomic mass is 79.9. The van der Waals surface area contributed by atoms with Crippen molar-refractivity contribution in [1.29, 1.82) is 0 Å². The zero-order valence-electron chi connectivity index (χ0n) is 11.7. The summed E-state index contributed by atoms with van der Waals surface area (Å²) in [4.78, 5) is 0. The lowest BCUT2D eigenvalue weighted by atomic mass is 10.2. The van der Waals surface area contributed by atoms with Crippen LogP contribution in [0.15, 0.2) is 46.9 Å². The Balaban J connectivity index is 1.91.